The number of benzene rings is 3. The summed E-state index contributed by atoms with van der Waals surface area (Å²) in [4.78, 5) is 23.1. The molecule has 0 radical (unpaired) electrons. The second kappa shape index (κ2) is 10.5. The van der Waals surface area contributed by atoms with Crippen LogP contribution in [0, 0.1) is 22.9 Å². The molecule has 0 aliphatic rings. The predicted molar refractivity (Wildman–Crippen MR) is 131 cm³/mol. The van der Waals surface area contributed by atoms with Gasteiger partial charge in [-0.15, -0.1) is 10.2 Å². The molecule has 0 aliphatic carbocycles. The number of nitro groups is 1. The van der Waals surface area contributed by atoms with Crippen LogP contribution in [0.15, 0.2) is 78.0 Å². The molecule has 0 saturated heterocycles. The van der Waals surface area contributed by atoms with E-state index in [-0.39, 0.29) is 17.4 Å². The molecule has 1 N–H and O–H groups in total. The first-order valence-electron chi connectivity index (χ1n) is 10.8. The number of thioether (sulfide) groups is 1. The number of carbonyl (C=O) groups excluding carboxylic acids is 1. The summed E-state index contributed by atoms with van der Waals surface area (Å²) >= 11 is 1.45. The molecule has 1 heterocycles. The number of aryl methyl sites for hydroxylation is 1. The highest BCUT2D eigenvalue weighted by atomic mass is 32.2. The van der Waals surface area contributed by atoms with Gasteiger partial charge in [-0.2, -0.15) is 0 Å². The second-order valence-electron chi connectivity index (χ2n) is 7.93. The molecule has 8 nitrogen and oxygen atoms in total. The summed E-state index contributed by atoms with van der Waals surface area (Å²) in [5.74, 6) is 0.423. The van der Waals surface area contributed by atoms with Crippen molar-refractivity contribution in [2.24, 2.45) is 0 Å². The zero-order valence-electron chi connectivity index (χ0n) is 19.0. The van der Waals surface area contributed by atoms with E-state index in [1.165, 1.54) is 48.2 Å². The predicted octanol–water partition coefficient (Wildman–Crippen LogP) is 5.41. The standard InChI is InChI=1S/C25H22FN5O3S/c1-16-3-11-21(12-4-16)30-23(28-29-25(30)35-15-18-5-9-20(26)10-6-18)17(2)27-24(32)19-7-13-22(14-8-19)31(33)34/h3-14,17H,15H2,1-2H3,(H,27,32). The van der Waals surface area contributed by atoms with Gasteiger partial charge < -0.3 is 5.32 Å². The molecule has 3 aromatic carbocycles. The lowest BCUT2D eigenvalue weighted by Gasteiger charge is -2.16. The fourth-order valence-electron chi connectivity index (χ4n) is 3.40. The Bertz CT molecular complexity index is 1340. The molecule has 1 atom stereocenters. The summed E-state index contributed by atoms with van der Waals surface area (Å²) in [7, 11) is 0. The Morgan fingerprint density at radius 3 is 2.34 bits per heavy atom. The third-order valence-corrected chi connectivity index (χ3v) is 6.31. The van der Waals surface area contributed by atoms with E-state index in [1.54, 1.807) is 19.1 Å². The Morgan fingerprint density at radius 2 is 1.71 bits per heavy atom. The SMILES string of the molecule is Cc1ccc(-n2c(SCc3ccc(F)cc3)nnc2C(C)NC(=O)c2ccc([N+](=O)[O-])cc2)cc1. The number of nitrogens with zero attached hydrogens (tertiary/aromatic N) is 4. The lowest BCUT2D eigenvalue weighted by molar-refractivity contribution is -0.384. The second-order valence-corrected chi connectivity index (χ2v) is 8.87. The van der Waals surface area contributed by atoms with Gasteiger partial charge in [-0.3, -0.25) is 19.5 Å². The molecule has 35 heavy (non-hydrogen) atoms. The van der Waals surface area contributed by atoms with E-state index in [1.807, 2.05) is 35.8 Å². The summed E-state index contributed by atoms with van der Waals surface area (Å²) in [5, 5.41) is 23.1. The highest BCUT2D eigenvalue weighted by Crippen LogP contribution is 2.28. The van der Waals surface area contributed by atoms with Crippen LogP contribution < -0.4 is 5.32 Å². The first kappa shape index (κ1) is 24.1. The Balaban J connectivity index is 1.59. The van der Waals surface area contributed by atoms with Gasteiger partial charge in [-0.1, -0.05) is 41.6 Å². The minimum atomic E-state index is -0.514. The number of nitro benzene ring substituents is 1. The maximum absolute atomic E-state index is 13.2. The van der Waals surface area contributed by atoms with Gasteiger partial charge >= 0.3 is 0 Å². The van der Waals surface area contributed by atoms with E-state index in [9.17, 15) is 19.3 Å². The van der Waals surface area contributed by atoms with Crippen LogP contribution in [0.1, 0.15) is 40.3 Å². The quantitative estimate of drug-likeness (QED) is 0.201. The molecule has 0 bridgehead atoms. The van der Waals surface area contributed by atoms with E-state index in [0.717, 1.165) is 16.8 Å². The average molecular weight is 492 g/mol. The number of nitrogens with one attached hydrogen (secondary N) is 1. The molecule has 178 valence electrons. The van der Waals surface area contributed by atoms with Crippen LogP contribution >= 0.6 is 11.8 Å². The molecule has 4 rings (SSSR count). The number of aromatic nitrogens is 3. The molecule has 1 unspecified atom stereocenters. The summed E-state index contributed by atoms with van der Waals surface area (Å²) in [6, 6.07) is 19.0. The highest BCUT2D eigenvalue weighted by molar-refractivity contribution is 7.98. The van der Waals surface area contributed by atoms with Crippen LogP contribution in [0.4, 0.5) is 10.1 Å². The van der Waals surface area contributed by atoms with Crippen LogP contribution in [-0.2, 0) is 5.75 Å². The number of amides is 1. The largest absolute Gasteiger partial charge is 0.342 e. The van der Waals surface area contributed by atoms with E-state index < -0.39 is 11.0 Å². The Labute approximate surface area is 205 Å². The molecule has 0 aliphatic heterocycles. The lowest BCUT2D eigenvalue weighted by atomic mass is 10.1. The molecule has 1 aromatic heterocycles. The van der Waals surface area contributed by atoms with Gasteiger partial charge in [0.1, 0.15) is 5.82 Å². The molecule has 0 fully saturated rings. The lowest BCUT2D eigenvalue weighted by Crippen LogP contribution is -2.28. The Morgan fingerprint density at radius 1 is 1.06 bits per heavy atom. The summed E-state index contributed by atoms with van der Waals surface area (Å²) in [5.41, 5.74) is 3.10. The third kappa shape index (κ3) is 5.72. The maximum Gasteiger partial charge on any atom is 0.269 e. The first-order chi connectivity index (χ1) is 16.8. The average Bonchev–Trinajstić information content (AvgIpc) is 3.28. The van der Waals surface area contributed by atoms with Crippen molar-refractivity contribution in [3.05, 3.63) is 111 Å². The van der Waals surface area contributed by atoms with Crippen LogP contribution in [0.3, 0.4) is 0 Å². The van der Waals surface area contributed by atoms with Crippen molar-refractivity contribution in [1.29, 1.82) is 0 Å². The van der Waals surface area contributed by atoms with Crippen molar-refractivity contribution in [2.45, 2.75) is 30.8 Å². The normalized spacial score (nSPS) is 11.7. The summed E-state index contributed by atoms with van der Waals surface area (Å²) in [6.45, 7) is 3.79. The van der Waals surface area contributed by atoms with Crippen LogP contribution in [0.25, 0.3) is 5.69 Å². The van der Waals surface area contributed by atoms with Gasteiger partial charge in [-0.25, -0.2) is 4.39 Å². The van der Waals surface area contributed by atoms with E-state index >= 15 is 0 Å². The van der Waals surface area contributed by atoms with E-state index in [0.29, 0.717) is 22.3 Å². The fraction of sp³-hybridized carbons (Fsp3) is 0.160. The molecular formula is C25H22FN5O3S. The number of non-ortho nitro benzene ring substituents is 1. The van der Waals surface area contributed by atoms with Crippen LogP contribution in [0.5, 0.6) is 0 Å². The number of hydrogen-bond acceptors (Lipinski definition) is 6. The molecular weight excluding hydrogens is 469 g/mol. The minimum absolute atomic E-state index is 0.0865. The van der Waals surface area contributed by atoms with Crippen LogP contribution in [0.2, 0.25) is 0 Å². The summed E-state index contributed by atoms with van der Waals surface area (Å²) in [6.07, 6.45) is 0. The molecule has 10 heteroatoms. The van der Waals surface area contributed by atoms with Gasteiger partial charge in [0.25, 0.3) is 11.6 Å². The van der Waals surface area contributed by atoms with Gasteiger partial charge in [-0.05, 0) is 55.8 Å². The first-order valence-corrected chi connectivity index (χ1v) is 11.8. The summed E-state index contributed by atoms with van der Waals surface area (Å²) < 4.78 is 15.1. The Kier molecular flexibility index (Phi) is 7.21. The number of halogens is 1. The molecule has 0 saturated carbocycles. The van der Waals surface area contributed by atoms with E-state index in [2.05, 4.69) is 15.5 Å². The number of hydrogen-bond donors (Lipinski definition) is 1. The smallest absolute Gasteiger partial charge is 0.269 e. The highest BCUT2D eigenvalue weighted by Gasteiger charge is 2.22. The zero-order valence-corrected chi connectivity index (χ0v) is 19.8. The number of rotatable bonds is 8. The topological polar surface area (TPSA) is 103 Å². The minimum Gasteiger partial charge on any atom is -0.342 e. The fourth-order valence-corrected chi connectivity index (χ4v) is 4.31. The van der Waals surface area contributed by atoms with Gasteiger partial charge in [0.05, 0.1) is 11.0 Å². The van der Waals surface area contributed by atoms with Crippen molar-refractivity contribution in [2.75, 3.05) is 0 Å². The Hall–Kier alpha value is -4.05. The van der Waals surface area contributed by atoms with E-state index in [4.69, 9.17) is 0 Å². The van der Waals surface area contributed by atoms with Gasteiger partial charge in [0, 0.05) is 29.1 Å². The van der Waals surface area contributed by atoms with Crippen molar-refractivity contribution in [3.63, 3.8) is 0 Å². The van der Waals surface area contributed by atoms with Gasteiger partial charge in [0.2, 0.25) is 0 Å². The molecule has 1 amide bonds. The third-order valence-electron chi connectivity index (χ3n) is 5.31. The maximum atomic E-state index is 13.2. The van der Waals surface area contributed by atoms with Crippen LogP contribution in [-0.4, -0.2) is 25.6 Å². The van der Waals surface area contributed by atoms with Gasteiger partial charge in [0.15, 0.2) is 11.0 Å². The zero-order chi connectivity index (χ0) is 24.9. The van der Waals surface area contributed by atoms with Crippen molar-refractivity contribution in [1.82, 2.24) is 20.1 Å². The van der Waals surface area contributed by atoms with Crippen molar-refractivity contribution >= 4 is 23.4 Å². The van der Waals surface area contributed by atoms with Crippen molar-refractivity contribution in [3.8, 4) is 5.69 Å². The van der Waals surface area contributed by atoms with Crippen molar-refractivity contribution < 1.29 is 14.1 Å². The molecule has 0 spiro atoms. The number of carbonyl (C=O) groups is 1. The monoisotopic (exact) mass is 491 g/mol. The molecule has 4 aromatic rings.